The highest BCUT2D eigenvalue weighted by atomic mass is 31.2. The zero-order valence-corrected chi connectivity index (χ0v) is 39.6. The molecule has 0 aromatic rings. The van der Waals surface area contributed by atoms with Gasteiger partial charge >= 0.3 is 11.9 Å². The Labute approximate surface area is 371 Å². The van der Waals surface area contributed by atoms with Gasteiger partial charge in [-0.15, -0.1) is 0 Å². The fourth-order valence-corrected chi connectivity index (χ4v) is 6.23. The standard InChI is InChI=1S/C50H84NO9P/c1-6-8-10-11-12-13-14-15-16-17-18-19-20-21-24-27-30-33-37-41-49(53)57-45-48(46-59-61(55,56)58-44-43-51(3,4)5)60-50(54)42-38-34-31-28-25-22-23-26-29-32-36-40-47(52)39-35-9-7-2/h12-13,15-16,18-19,21-24,28-29,31-32,36,40,47-48,52H,6-11,14,17,20,25-27,30,33-35,37-39,41-46H2,1-5H3/b13-12-,16-15-,19-18-,23-22-,24-21-,31-28-,32-29-,40-36+/t47-,48+/m0/s1. The van der Waals surface area contributed by atoms with Crippen LogP contribution in [0.3, 0.4) is 0 Å². The molecule has 0 aromatic carbocycles. The van der Waals surface area contributed by atoms with Crippen LogP contribution < -0.4 is 4.89 Å². The van der Waals surface area contributed by atoms with Crippen LogP contribution in [0.5, 0.6) is 0 Å². The largest absolute Gasteiger partial charge is 0.756 e. The summed E-state index contributed by atoms with van der Waals surface area (Å²) in [7, 11) is 1.07. The van der Waals surface area contributed by atoms with Gasteiger partial charge in [-0.05, 0) is 83.5 Å². The van der Waals surface area contributed by atoms with Crippen molar-refractivity contribution in [2.45, 2.75) is 161 Å². The molecular formula is C50H84NO9P. The fourth-order valence-electron chi connectivity index (χ4n) is 5.50. The topological polar surface area (TPSA) is 131 Å². The highest BCUT2D eigenvalue weighted by Gasteiger charge is 2.21. The molecule has 0 aliphatic heterocycles. The lowest BCUT2D eigenvalue weighted by molar-refractivity contribution is -0.870. The summed E-state index contributed by atoms with van der Waals surface area (Å²) in [5.74, 6) is -0.973. The predicted octanol–water partition coefficient (Wildman–Crippen LogP) is 11.7. The van der Waals surface area contributed by atoms with Crippen molar-refractivity contribution in [1.29, 1.82) is 0 Å². The number of esters is 2. The summed E-state index contributed by atoms with van der Waals surface area (Å²) in [5, 5.41) is 9.91. The fraction of sp³-hybridized carbons (Fsp3) is 0.640. The van der Waals surface area contributed by atoms with Crippen LogP contribution in [0.4, 0.5) is 0 Å². The van der Waals surface area contributed by atoms with E-state index in [0.717, 1.165) is 77.0 Å². The molecule has 3 atom stereocenters. The van der Waals surface area contributed by atoms with Crippen molar-refractivity contribution in [3.63, 3.8) is 0 Å². The average Bonchev–Trinajstić information content (AvgIpc) is 3.21. The Morgan fingerprint density at radius 2 is 1.11 bits per heavy atom. The zero-order chi connectivity index (χ0) is 45.1. The third-order valence-corrected chi connectivity index (χ3v) is 10.1. The van der Waals surface area contributed by atoms with Gasteiger partial charge in [0.25, 0.3) is 7.82 Å². The maximum absolute atomic E-state index is 12.7. The summed E-state index contributed by atoms with van der Waals surface area (Å²) in [5.41, 5.74) is 0. The van der Waals surface area contributed by atoms with E-state index in [1.807, 2.05) is 57.6 Å². The summed E-state index contributed by atoms with van der Waals surface area (Å²) in [6.45, 7) is 3.93. The summed E-state index contributed by atoms with van der Waals surface area (Å²) in [4.78, 5) is 37.6. The molecule has 0 heterocycles. The van der Waals surface area contributed by atoms with E-state index in [1.54, 1.807) is 0 Å². The molecule has 0 aromatic heterocycles. The molecule has 0 saturated carbocycles. The molecule has 0 radical (unpaired) electrons. The summed E-state index contributed by atoms with van der Waals surface area (Å²) < 4.78 is 33.8. The molecule has 0 bridgehead atoms. The number of unbranched alkanes of at least 4 members (excludes halogenated alkanes) is 9. The second kappa shape index (κ2) is 40.9. The molecule has 10 nitrogen and oxygen atoms in total. The maximum atomic E-state index is 12.7. The first-order chi connectivity index (χ1) is 29.4. The highest BCUT2D eigenvalue weighted by molar-refractivity contribution is 7.45. The lowest BCUT2D eigenvalue weighted by atomic mass is 10.1. The van der Waals surface area contributed by atoms with Gasteiger partial charge in [0.1, 0.15) is 19.8 Å². The second-order valence-electron chi connectivity index (χ2n) is 16.3. The molecule has 0 spiro atoms. The predicted molar refractivity (Wildman–Crippen MR) is 251 cm³/mol. The Hall–Kier alpha value is -3.11. The van der Waals surface area contributed by atoms with Gasteiger partial charge in [0.05, 0.1) is 33.9 Å². The van der Waals surface area contributed by atoms with E-state index in [-0.39, 0.29) is 32.2 Å². The van der Waals surface area contributed by atoms with Crippen molar-refractivity contribution in [1.82, 2.24) is 0 Å². The van der Waals surface area contributed by atoms with Gasteiger partial charge in [0.15, 0.2) is 6.10 Å². The Balaban J connectivity index is 4.55. The number of hydrogen-bond acceptors (Lipinski definition) is 9. The van der Waals surface area contributed by atoms with Gasteiger partial charge in [0.2, 0.25) is 0 Å². The van der Waals surface area contributed by atoms with Crippen molar-refractivity contribution >= 4 is 19.8 Å². The Bertz CT molecular complexity index is 1370. The Morgan fingerprint density at radius 1 is 0.607 bits per heavy atom. The minimum Gasteiger partial charge on any atom is -0.756 e. The number of carbonyl (C=O) groups excluding carboxylic acids is 2. The number of rotatable bonds is 40. The first-order valence-electron chi connectivity index (χ1n) is 23.1. The average molecular weight is 874 g/mol. The van der Waals surface area contributed by atoms with Crippen LogP contribution in [0.25, 0.3) is 0 Å². The normalized spacial score (nSPS) is 14.9. The number of ether oxygens (including phenoxy) is 2. The first kappa shape index (κ1) is 57.9. The Morgan fingerprint density at radius 3 is 1.69 bits per heavy atom. The number of nitrogens with zero attached hydrogens (tertiary/aromatic N) is 1. The lowest BCUT2D eigenvalue weighted by Crippen LogP contribution is -2.37. The highest BCUT2D eigenvalue weighted by Crippen LogP contribution is 2.38. The van der Waals surface area contributed by atoms with Crippen molar-refractivity contribution in [2.75, 3.05) is 47.5 Å². The number of carbonyl (C=O) groups is 2. The summed E-state index contributed by atoms with van der Waals surface area (Å²) in [6, 6.07) is 0. The summed E-state index contributed by atoms with van der Waals surface area (Å²) in [6.07, 6.45) is 50.5. The van der Waals surface area contributed by atoms with Gasteiger partial charge in [-0.2, -0.15) is 0 Å². The quantitative estimate of drug-likeness (QED) is 0.0160. The third kappa shape index (κ3) is 44.7. The van der Waals surface area contributed by atoms with Gasteiger partial charge < -0.3 is 33.0 Å². The van der Waals surface area contributed by atoms with E-state index in [4.69, 9.17) is 18.5 Å². The minimum atomic E-state index is -4.67. The van der Waals surface area contributed by atoms with Crippen molar-refractivity contribution in [3.8, 4) is 0 Å². The number of phosphoric acid groups is 1. The second-order valence-corrected chi connectivity index (χ2v) is 17.7. The van der Waals surface area contributed by atoms with Crippen molar-refractivity contribution < 1.29 is 47.2 Å². The van der Waals surface area contributed by atoms with E-state index in [1.165, 1.54) is 25.7 Å². The number of likely N-dealkylation sites (N-methyl/N-ethyl adjacent to an activating group) is 1. The minimum absolute atomic E-state index is 0.0603. The molecular weight excluding hydrogens is 790 g/mol. The SMILES string of the molecule is CCCCC/C=C\C/C=C\C/C=C\C/C=C\CCCCCC(=O)OC[C@H](COP(=O)([O-])OCC[N+](C)(C)C)OC(=O)CCC/C=C\C/C=C\C/C=C\C=C\[C@@H](O)CCCCC. The van der Waals surface area contributed by atoms with Crippen LogP contribution in [-0.2, 0) is 32.7 Å². The number of hydrogen-bond donors (Lipinski definition) is 1. The van der Waals surface area contributed by atoms with Crippen molar-refractivity contribution in [2.24, 2.45) is 0 Å². The molecule has 61 heavy (non-hydrogen) atoms. The van der Waals surface area contributed by atoms with Crippen LogP contribution >= 0.6 is 7.82 Å². The monoisotopic (exact) mass is 874 g/mol. The lowest BCUT2D eigenvalue weighted by Gasteiger charge is -2.28. The molecule has 1 unspecified atom stereocenters. The van der Waals surface area contributed by atoms with Crippen LogP contribution in [0, 0.1) is 0 Å². The Kier molecular flexibility index (Phi) is 38.8. The van der Waals surface area contributed by atoms with Crippen molar-refractivity contribution in [3.05, 3.63) is 97.2 Å². The van der Waals surface area contributed by atoms with Crippen LogP contribution in [0.15, 0.2) is 97.2 Å². The molecule has 0 saturated heterocycles. The van der Waals surface area contributed by atoms with Crippen LogP contribution in [0.1, 0.15) is 149 Å². The molecule has 0 aliphatic carbocycles. The number of aliphatic hydroxyl groups excluding tert-OH is 1. The molecule has 348 valence electrons. The molecule has 1 N–H and O–H groups in total. The van der Waals surface area contributed by atoms with Crippen LogP contribution in [-0.4, -0.2) is 81.2 Å². The van der Waals surface area contributed by atoms with E-state index >= 15 is 0 Å². The summed E-state index contributed by atoms with van der Waals surface area (Å²) >= 11 is 0. The molecule has 11 heteroatoms. The smallest absolute Gasteiger partial charge is 0.306 e. The molecule has 0 amide bonds. The zero-order valence-electron chi connectivity index (χ0n) is 38.7. The van der Waals surface area contributed by atoms with Gasteiger partial charge in [-0.3, -0.25) is 14.2 Å². The van der Waals surface area contributed by atoms with Gasteiger partial charge in [-0.25, -0.2) is 0 Å². The van der Waals surface area contributed by atoms with E-state index < -0.39 is 32.5 Å². The van der Waals surface area contributed by atoms with Gasteiger partial charge in [-0.1, -0.05) is 150 Å². The first-order valence-corrected chi connectivity index (χ1v) is 24.5. The van der Waals surface area contributed by atoms with E-state index in [9.17, 15) is 24.2 Å². The number of allylic oxidation sites excluding steroid dienone is 15. The molecule has 0 aliphatic rings. The maximum Gasteiger partial charge on any atom is 0.306 e. The van der Waals surface area contributed by atoms with E-state index in [2.05, 4.69) is 74.6 Å². The number of aliphatic hydroxyl groups is 1. The van der Waals surface area contributed by atoms with Gasteiger partial charge in [0, 0.05) is 12.8 Å². The molecule has 0 fully saturated rings. The number of quaternary nitrogens is 1. The van der Waals surface area contributed by atoms with Crippen LogP contribution in [0.2, 0.25) is 0 Å². The molecule has 0 rings (SSSR count). The third-order valence-electron chi connectivity index (χ3n) is 9.18. The number of phosphoric ester groups is 1. The van der Waals surface area contributed by atoms with E-state index in [0.29, 0.717) is 30.3 Å².